The molecule has 2 aliphatic heterocycles. The largest absolute Gasteiger partial charge is 0.461 e. The summed E-state index contributed by atoms with van der Waals surface area (Å²) in [5, 5.41) is 11.9. The molecule has 46 heavy (non-hydrogen) atoms. The quantitative estimate of drug-likeness (QED) is 0.223. The minimum Gasteiger partial charge on any atom is -0.461 e. The molecular weight excluding hydrogens is 590 g/mol. The number of hydrogen-bond donors (Lipinski definition) is 0. The lowest BCUT2D eigenvalue weighted by Crippen LogP contribution is -2.55. The van der Waals surface area contributed by atoms with Crippen LogP contribution in [-0.4, -0.2) is 78.2 Å². The molecule has 6 rings (SSSR count). The van der Waals surface area contributed by atoms with Gasteiger partial charge in [0.15, 0.2) is 0 Å². The minimum atomic E-state index is -2.60. The van der Waals surface area contributed by atoms with E-state index < -0.39 is 5.92 Å². The van der Waals surface area contributed by atoms with Crippen LogP contribution in [0.25, 0.3) is 10.8 Å². The number of ether oxygens (including phenoxy) is 2. The molecule has 2 aromatic carbocycles. The third kappa shape index (κ3) is 6.77. The Kier molecular flexibility index (Phi) is 9.36. The molecule has 1 aromatic heterocycles. The maximum Gasteiger partial charge on any atom is 0.318 e. The van der Waals surface area contributed by atoms with Crippen molar-refractivity contribution >= 4 is 28.2 Å². The second kappa shape index (κ2) is 13.6. The number of nitriles is 1. The fraction of sp³-hybridized carbons (Fsp3) is 0.486. The minimum absolute atomic E-state index is 0.152. The lowest BCUT2D eigenvalue weighted by Gasteiger charge is -2.42. The van der Waals surface area contributed by atoms with Crippen LogP contribution in [0.1, 0.15) is 48.9 Å². The van der Waals surface area contributed by atoms with Crippen molar-refractivity contribution in [2.45, 2.75) is 70.1 Å². The zero-order valence-electron chi connectivity index (χ0n) is 26.3. The van der Waals surface area contributed by atoms with Crippen molar-refractivity contribution in [2.75, 3.05) is 49.2 Å². The Balaban J connectivity index is 1.25. The molecule has 0 spiro atoms. The number of fused-ring (bicyclic) bond motifs is 2. The van der Waals surface area contributed by atoms with Gasteiger partial charge in [0, 0.05) is 55.7 Å². The molecule has 3 heterocycles. The molecule has 1 saturated carbocycles. The first-order valence-electron chi connectivity index (χ1n) is 16.1. The average Bonchev–Trinajstić information content (AvgIpc) is 3.06. The van der Waals surface area contributed by atoms with Gasteiger partial charge >= 0.3 is 6.01 Å². The Labute approximate surface area is 268 Å². The molecule has 9 nitrogen and oxygen atoms in total. The number of amides is 1. The predicted octanol–water partition coefficient (Wildman–Crippen LogP) is 5.59. The average molecular weight is 631 g/mol. The van der Waals surface area contributed by atoms with E-state index in [0.29, 0.717) is 39.0 Å². The molecule has 3 aromatic rings. The van der Waals surface area contributed by atoms with Crippen LogP contribution in [0, 0.1) is 18.3 Å². The van der Waals surface area contributed by atoms with Gasteiger partial charge < -0.3 is 24.2 Å². The van der Waals surface area contributed by atoms with Crippen LogP contribution in [0.15, 0.2) is 49.1 Å². The summed E-state index contributed by atoms with van der Waals surface area (Å²) in [5.74, 6) is -2.02. The summed E-state index contributed by atoms with van der Waals surface area (Å²) in [6.07, 6.45) is 2.38. The number of carbonyl (C=O) groups excluding carboxylic acids is 1. The van der Waals surface area contributed by atoms with Gasteiger partial charge in [0.05, 0.1) is 43.5 Å². The Morgan fingerprint density at radius 3 is 2.65 bits per heavy atom. The molecule has 11 heteroatoms. The lowest BCUT2D eigenvalue weighted by molar-refractivity contribution is -0.128. The smallest absolute Gasteiger partial charge is 0.318 e. The van der Waals surface area contributed by atoms with Crippen LogP contribution in [0.5, 0.6) is 6.01 Å². The predicted molar refractivity (Wildman–Crippen MR) is 172 cm³/mol. The van der Waals surface area contributed by atoms with E-state index in [1.165, 1.54) is 22.4 Å². The first kappa shape index (κ1) is 31.7. The van der Waals surface area contributed by atoms with Crippen LogP contribution >= 0.6 is 0 Å². The van der Waals surface area contributed by atoms with E-state index in [1.54, 1.807) is 4.90 Å². The van der Waals surface area contributed by atoms with E-state index in [1.807, 2.05) is 0 Å². The van der Waals surface area contributed by atoms with Crippen LogP contribution < -0.4 is 14.5 Å². The topological polar surface area (TPSA) is 94.8 Å². The van der Waals surface area contributed by atoms with Crippen molar-refractivity contribution in [3.8, 4) is 12.1 Å². The summed E-state index contributed by atoms with van der Waals surface area (Å²) in [6.45, 7) is 9.00. The van der Waals surface area contributed by atoms with Gasteiger partial charge in [-0.3, -0.25) is 4.79 Å². The Hall–Kier alpha value is -4.30. The Bertz CT molecular complexity index is 1630. The highest BCUT2D eigenvalue weighted by Crippen LogP contribution is 2.36. The van der Waals surface area contributed by atoms with Gasteiger partial charge in [-0.15, -0.1) is 0 Å². The summed E-state index contributed by atoms with van der Waals surface area (Å²) < 4.78 is 39.0. The number of benzene rings is 2. The van der Waals surface area contributed by atoms with E-state index in [0.717, 1.165) is 35.7 Å². The second-order valence-corrected chi connectivity index (χ2v) is 12.3. The zero-order chi connectivity index (χ0) is 32.3. The summed E-state index contributed by atoms with van der Waals surface area (Å²) in [4.78, 5) is 28.5. The number of halogens is 2. The molecule has 0 N–H and O–H groups in total. The number of rotatable bonds is 9. The number of hydrogen-bond acceptors (Lipinski definition) is 8. The van der Waals surface area contributed by atoms with Gasteiger partial charge in [0.25, 0.3) is 0 Å². The monoisotopic (exact) mass is 630 g/mol. The Morgan fingerprint density at radius 1 is 1.11 bits per heavy atom. The number of aryl methyl sites for hydroxylation is 1. The van der Waals surface area contributed by atoms with Crippen molar-refractivity contribution < 1.29 is 23.0 Å². The number of nitrogens with zero attached hydrogens (tertiary/aromatic N) is 6. The van der Waals surface area contributed by atoms with Crippen molar-refractivity contribution in [3.05, 3.63) is 65.9 Å². The van der Waals surface area contributed by atoms with E-state index in [2.05, 4.69) is 65.8 Å². The van der Waals surface area contributed by atoms with Crippen molar-refractivity contribution in [1.82, 2.24) is 14.9 Å². The molecule has 2 fully saturated rings. The lowest BCUT2D eigenvalue weighted by atomic mass is 9.94. The maximum atomic E-state index is 13.6. The van der Waals surface area contributed by atoms with Gasteiger partial charge in [0.2, 0.25) is 11.8 Å². The highest BCUT2D eigenvalue weighted by atomic mass is 19.3. The van der Waals surface area contributed by atoms with Gasteiger partial charge in [-0.1, -0.05) is 36.9 Å². The van der Waals surface area contributed by atoms with Gasteiger partial charge in [-0.2, -0.15) is 15.2 Å². The zero-order valence-corrected chi connectivity index (χ0v) is 26.3. The van der Waals surface area contributed by atoms with Crippen molar-refractivity contribution in [1.29, 1.82) is 5.26 Å². The molecule has 1 saturated heterocycles. The van der Waals surface area contributed by atoms with Crippen molar-refractivity contribution in [2.24, 2.45) is 0 Å². The summed E-state index contributed by atoms with van der Waals surface area (Å²) >= 11 is 0. The van der Waals surface area contributed by atoms with Gasteiger partial charge in [-0.25, -0.2) is 8.78 Å². The van der Waals surface area contributed by atoms with E-state index in [-0.39, 0.29) is 56.5 Å². The summed E-state index contributed by atoms with van der Waals surface area (Å²) in [6, 6.07) is 14.9. The first-order chi connectivity index (χ1) is 22.3. The normalized spacial score (nSPS) is 19.9. The number of anilines is 2. The van der Waals surface area contributed by atoms with E-state index >= 15 is 0 Å². The summed E-state index contributed by atoms with van der Waals surface area (Å²) in [5.41, 5.74) is 4.28. The maximum absolute atomic E-state index is 13.6. The van der Waals surface area contributed by atoms with Gasteiger partial charge in [0.1, 0.15) is 12.4 Å². The second-order valence-electron chi connectivity index (χ2n) is 12.3. The molecular formula is C35H40F2N6O3. The molecule has 0 radical (unpaired) electrons. The number of carbonyl (C=O) groups is 1. The summed E-state index contributed by atoms with van der Waals surface area (Å²) in [7, 11) is 0. The molecule has 0 bridgehead atoms. The number of aromatic nitrogens is 2. The number of piperazine rings is 1. The Morgan fingerprint density at radius 2 is 1.89 bits per heavy atom. The van der Waals surface area contributed by atoms with Crippen molar-refractivity contribution in [3.63, 3.8) is 0 Å². The fourth-order valence-corrected chi connectivity index (χ4v) is 6.95. The van der Waals surface area contributed by atoms with Crippen LogP contribution in [-0.2, 0) is 22.5 Å². The first-order valence-corrected chi connectivity index (χ1v) is 16.1. The SMILES string of the molecule is C=CC(=O)N1CCN(c2nc(OCCOC3CCC(F)(F)CC3)nc3c2CCN(c2cccc4cccc(C)c24)C3)C[C@@H]1CC#N. The molecule has 1 aliphatic carbocycles. The highest BCUT2D eigenvalue weighted by Gasteiger charge is 2.36. The molecule has 1 amide bonds. The third-order valence-corrected chi connectivity index (χ3v) is 9.35. The molecule has 3 aliphatic rings. The van der Waals surface area contributed by atoms with Crippen LogP contribution in [0.2, 0.25) is 0 Å². The molecule has 0 unspecified atom stereocenters. The van der Waals surface area contributed by atoms with Crippen LogP contribution in [0.3, 0.4) is 0 Å². The highest BCUT2D eigenvalue weighted by molar-refractivity contribution is 5.97. The molecule has 1 atom stereocenters. The number of alkyl halides is 2. The van der Waals surface area contributed by atoms with E-state index in [9.17, 15) is 18.8 Å². The fourth-order valence-electron chi connectivity index (χ4n) is 6.95. The molecule has 242 valence electrons. The van der Waals surface area contributed by atoms with Crippen LogP contribution in [0.4, 0.5) is 20.3 Å². The van der Waals surface area contributed by atoms with Gasteiger partial charge in [-0.05, 0) is 49.3 Å². The van der Waals surface area contributed by atoms with E-state index in [4.69, 9.17) is 19.4 Å². The third-order valence-electron chi connectivity index (χ3n) is 9.35. The standard InChI is InChI=1S/C35H40F2N6O3/c1-3-31(44)43-19-18-42(22-26(43)12-16-38)33-28-13-17-41(30-9-5-8-25-7-4-6-24(2)32(25)30)23-29(28)39-34(40-33)46-21-20-45-27-10-14-35(36,37)15-11-27/h3-9,26-27H,1,10-15,17-23H2,2H3/t26-/m0/s1.